The summed E-state index contributed by atoms with van der Waals surface area (Å²) in [4.78, 5) is 6.39. The van der Waals surface area contributed by atoms with E-state index in [1.165, 1.54) is 19.3 Å². The van der Waals surface area contributed by atoms with Gasteiger partial charge in [0.15, 0.2) is 0 Å². The zero-order chi connectivity index (χ0) is 13.7. The molecule has 0 amide bonds. The first kappa shape index (κ1) is 14.1. The molecule has 1 fully saturated rings. The second kappa shape index (κ2) is 6.74. The molecule has 0 radical (unpaired) electrons. The van der Waals surface area contributed by atoms with E-state index in [1.54, 1.807) is 12.1 Å². The van der Waals surface area contributed by atoms with E-state index in [0.29, 0.717) is 29.1 Å². The summed E-state index contributed by atoms with van der Waals surface area (Å²) in [6.07, 6.45) is 5.90. The van der Waals surface area contributed by atoms with E-state index in [2.05, 4.69) is 16.0 Å². The van der Waals surface area contributed by atoms with E-state index < -0.39 is 0 Å². The molecule has 1 aromatic rings. The molecular weight excluding hydrogens is 262 g/mol. The highest BCUT2D eigenvalue weighted by atomic mass is 35.5. The van der Waals surface area contributed by atoms with Crippen molar-refractivity contribution in [3.63, 3.8) is 0 Å². The van der Waals surface area contributed by atoms with Gasteiger partial charge in [-0.05, 0) is 25.0 Å². The molecule has 5 heteroatoms. The minimum absolute atomic E-state index is 0.0760. The summed E-state index contributed by atoms with van der Waals surface area (Å²) in [6, 6.07) is 5.79. The predicted octanol–water partition coefficient (Wildman–Crippen LogP) is 2.74. The molecule has 0 atom stereocenters. The first-order chi connectivity index (χ1) is 9.24. The van der Waals surface area contributed by atoms with Crippen LogP contribution >= 0.6 is 11.6 Å². The van der Waals surface area contributed by atoms with Gasteiger partial charge in [0.25, 0.3) is 0 Å². The van der Waals surface area contributed by atoms with E-state index in [9.17, 15) is 5.11 Å². The number of nitriles is 1. The lowest BCUT2D eigenvalue weighted by Crippen LogP contribution is -2.39. The number of anilines is 1. The summed E-state index contributed by atoms with van der Waals surface area (Å²) in [5.41, 5.74) is 0.508. The Hall–Kier alpha value is -1.31. The molecule has 0 aromatic carbocycles. The molecule has 1 aliphatic rings. The maximum absolute atomic E-state index is 9.26. The average molecular weight is 280 g/mol. The Labute approximate surface area is 118 Å². The zero-order valence-corrected chi connectivity index (χ0v) is 11.6. The van der Waals surface area contributed by atoms with Crippen LogP contribution in [0.2, 0.25) is 5.15 Å². The van der Waals surface area contributed by atoms with Crippen LogP contribution in [0.3, 0.4) is 0 Å². The van der Waals surface area contributed by atoms with Crippen molar-refractivity contribution in [3.8, 4) is 6.07 Å². The van der Waals surface area contributed by atoms with Gasteiger partial charge in [0.2, 0.25) is 0 Å². The van der Waals surface area contributed by atoms with Crippen molar-refractivity contribution in [2.45, 2.75) is 38.1 Å². The number of halogens is 1. The molecule has 1 aromatic heterocycles. The summed E-state index contributed by atoms with van der Waals surface area (Å²) in [5, 5.41) is 18.6. The van der Waals surface area contributed by atoms with Crippen LogP contribution in [-0.2, 0) is 0 Å². The minimum atomic E-state index is 0.0760. The van der Waals surface area contributed by atoms with Crippen LogP contribution in [-0.4, -0.2) is 29.3 Å². The number of aliphatic hydroxyl groups excluding tert-OH is 1. The van der Waals surface area contributed by atoms with E-state index in [0.717, 1.165) is 12.8 Å². The van der Waals surface area contributed by atoms with Crippen molar-refractivity contribution >= 4 is 17.4 Å². The lowest BCUT2D eigenvalue weighted by molar-refractivity contribution is 0.289. The SMILES string of the molecule is N#Cc1cc(Cl)nc(N(CCO)C2CCCCC2)c1. The van der Waals surface area contributed by atoms with Crippen molar-refractivity contribution in [2.75, 3.05) is 18.1 Å². The van der Waals surface area contributed by atoms with E-state index >= 15 is 0 Å². The van der Waals surface area contributed by atoms with Crippen LogP contribution in [0.4, 0.5) is 5.82 Å². The Bertz CT molecular complexity index is 466. The molecule has 1 N–H and O–H groups in total. The highest BCUT2D eigenvalue weighted by Crippen LogP contribution is 2.27. The van der Waals surface area contributed by atoms with Gasteiger partial charge in [0.1, 0.15) is 11.0 Å². The van der Waals surface area contributed by atoms with E-state index in [1.807, 2.05) is 0 Å². The Balaban J connectivity index is 2.27. The molecule has 0 spiro atoms. The monoisotopic (exact) mass is 279 g/mol. The molecule has 102 valence electrons. The topological polar surface area (TPSA) is 60.2 Å². The van der Waals surface area contributed by atoms with Crippen LogP contribution < -0.4 is 4.90 Å². The second-order valence-corrected chi connectivity index (χ2v) is 5.24. The zero-order valence-electron chi connectivity index (χ0n) is 10.8. The highest BCUT2D eigenvalue weighted by Gasteiger charge is 2.22. The first-order valence-corrected chi connectivity index (χ1v) is 7.07. The molecular formula is C14H18ClN3O. The Morgan fingerprint density at radius 3 is 2.74 bits per heavy atom. The van der Waals surface area contributed by atoms with Crippen molar-refractivity contribution < 1.29 is 5.11 Å². The van der Waals surface area contributed by atoms with Gasteiger partial charge in [-0.3, -0.25) is 0 Å². The Kier molecular flexibility index (Phi) is 5.00. The smallest absolute Gasteiger partial charge is 0.132 e. The van der Waals surface area contributed by atoms with Crippen molar-refractivity contribution in [1.82, 2.24) is 4.98 Å². The fourth-order valence-corrected chi connectivity index (χ4v) is 2.88. The number of aromatic nitrogens is 1. The third-order valence-corrected chi connectivity index (χ3v) is 3.75. The third kappa shape index (κ3) is 3.59. The van der Waals surface area contributed by atoms with E-state index in [4.69, 9.17) is 16.9 Å². The molecule has 1 saturated carbocycles. The number of aliphatic hydroxyl groups is 1. The molecule has 0 bridgehead atoms. The Morgan fingerprint density at radius 2 is 2.11 bits per heavy atom. The first-order valence-electron chi connectivity index (χ1n) is 6.70. The van der Waals surface area contributed by atoms with Crippen LogP contribution in [0.15, 0.2) is 12.1 Å². The molecule has 1 aliphatic carbocycles. The van der Waals surface area contributed by atoms with Gasteiger partial charge < -0.3 is 10.0 Å². The standard InChI is InChI=1S/C14H18ClN3O/c15-13-8-11(10-16)9-14(17-13)18(6-7-19)12-4-2-1-3-5-12/h8-9,12,19H,1-7H2. The molecule has 19 heavy (non-hydrogen) atoms. The van der Waals surface area contributed by atoms with Crippen LogP contribution in [0, 0.1) is 11.3 Å². The normalized spacial score (nSPS) is 16.1. The summed E-state index contributed by atoms with van der Waals surface area (Å²) < 4.78 is 0. The van der Waals surface area contributed by atoms with Crippen LogP contribution in [0.25, 0.3) is 0 Å². The number of hydrogen-bond donors (Lipinski definition) is 1. The van der Waals surface area contributed by atoms with Gasteiger partial charge >= 0.3 is 0 Å². The molecule has 4 nitrogen and oxygen atoms in total. The number of pyridine rings is 1. The summed E-state index contributed by atoms with van der Waals surface area (Å²) in [7, 11) is 0. The summed E-state index contributed by atoms with van der Waals surface area (Å²) in [5.74, 6) is 0.699. The maximum Gasteiger partial charge on any atom is 0.132 e. The molecule has 0 unspecified atom stereocenters. The van der Waals surface area contributed by atoms with Crippen molar-refractivity contribution in [1.29, 1.82) is 5.26 Å². The molecule has 0 saturated heterocycles. The van der Waals surface area contributed by atoms with Crippen LogP contribution in [0.5, 0.6) is 0 Å². The number of hydrogen-bond acceptors (Lipinski definition) is 4. The predicted molar refractivity (Wildman–Crippen MR) is 75.3 cm³/mol. The molecule has 0 aliphatic heterocycles. The minimum Gasteiger partial charge on any atom is -0.395 e. The van der Waals surface area contributed by atoms with Gasteiger partial charge in [0.05, 0.1) is 18.2 Å². The second-order valence-electron chi connectivity index (χ2n) is 4.86. The van der Waals surface area contributed by atoms with Crippen molar-refractivity contribution in [2.24, 2.45) is 0 Å². The summed E-state index contributed by atoms with van der Waals surface area (Å²) >= 11 is 5.96. The lowest BCUT2D eigenvalue weighted by Gasteiger charge is -2.35. The van der Waals surface area contributed by atoms with E-state index in [-0.39, 0.29) is 6.61 Å². The number of rotatable bonds is 4. The van der Waals surface area contributed by atoms with Crippen molar-refractivity contribution in [3.05, 3.63) is 22.8 Å². The maximum atomic E-state index is 9.26. The quantitative estimate of drug-likeness (QED) is 0.861. The molecule has 1 heterocycles. The highest BCUT2D eigenvalue weighted by molar-refractivity contribution is 6.29. The van der Waals surface area contributed by atoms with Crippen LogP contribution in [0.1, 0.15) is 37.7 Å². The van der Waals surface area contributed by atoms with Gasteiger partial charge in [-0.1, -0.05) is 30.9 Å². The molecule has 2 rings (SSSR count). The van der Waals surface area contributed by atoms with Gasteiger partial charge in [0, 0.05) is 12.6 Å². The van der Waals surface area contributed by atoms with Gasteiger partial charge in [-0.15, -0.1) is 0 Å². The fourth-order valence-electron chi connectivity index (χ4n) is 2.68. The largest absolute Gasteiger partial charge is 0.395 e. The Morgan fingerprint density at radius 1 is 1.37 bits per heavy atom. The number of nitrogens with zero attached hydrogens (tertiary/aromatic N) is 3. The van der Waals surface area contributed by atoms with Gasteiger partial charge in [-0.25, -0.2) is 4.98 Å². The van der Waals surface area contributed by atoms with Gasteiger partial charge in [-0.2, -0.15) is 5.26 Å². The third-order valence-electron chi connectivity index (χ3n) is 3.56. The summed E-state index contributed by atoms with van der Waals surface area (Å²) in [6.45, 7) is 0.607. The average Bonchev–Trinajstić information content (AvgIpc) is 2.45. The fraction of sp³-hybridized carbons (Fsp3) is 0.571. The lowest BCUT2D eigenvalue weighted by atomic mass is 9.94.